The zero-order valence-corrected chi connectivity index (χ0v) is 10.9. The van der Waals surface area contributed by atoms with Crippen molar-refractivity contribution in [3.63, 3.8) is 0 Å². The van der Waals surface area contributed by atoms with Crippen molar-refractivity contribution < 1.29 is 0 Å². The third-order valence-corrected chi connectivity index (χ3v) is 3.63. The van der Waals surface area contributed by atoms with Gasteiger partial charge in [0.15, 0.2) is 0 Å². The van der Waals surface area contributed by atoms with Gasteiger partial charge in [-0.15, -0.1) is 11.3 Å². The smallest absolute Gasteiger partial charge is 0.110 e. The van der Waals surface area contributed by atoms with Crippen LogP contribution < -0.4 is 5.32 Å². The van der Waals surface area contributed by atoms with Gasteiger partial charge in [0.1, 0.15) is 10.9 Å². The summed E-state index contributed by atoms with van der Waals surface area (Å²) in [5, 5.41) is 12.2. The number of nitrogens with zero attached hydrogens (tertiary/aromatic N) is 1. The molecule has 1 atom stereocenters. The fourth-order valence-corrected chi connectivity index (χ4v) is 2.37. The van der Waals surface area contributed by atoms with E-state index in [1.54, 1.807) is 11.3 Å². The highest BCUT2D eigenvalue weighted by atomic mass is 32.1. The zero-order chi connectivity index (χ0) is 11.8. The fourth-order valence-electron chi connectivity index (χ4n) is 1.61. The van der Waals surface area contributed by atoms with Crippen LogP contribution in [0.4, 0.5) is 0 Å². The first-order valence-corrected chi connectivity index (χ1v) is 6.80. The lowest BCUT2D eigenvalue weighted by atomic mass is 10.1. The van der Waals surface area contributed by atoms with Gasteiger partial charge in [0, 0.05) is 17.5 Å². The Labute approximate surface area is 102 Å². The molecule has 0 aliphatic carbocycles. The van der Waals surface area contributed by atoms with E-state index in [0.717, 1.165) is 11.4 Å². The average Bonchev–Trinajstić information content (AvgIpc) is 2.74. The van der Waals surface area contributed by atoms with Gasteiger partial charge in [0.2, 0.25) is 0 Å². The Morgan fingerprint density at radius 2 is 2.25 bits per heavy atom. The predicted octanol–water partition coefficient (Wildman–Crippen LogP) is 3.68. The maximum absolute atomic E-state index is 8.71. The van der Waals surface area contributed by atoms with E-state index >= 15 is 0 Å². The quantitative estimate of drug-likeness (QED) is 0.733. The SMILES string of the molecule is CCCCCC(C)NCc1ccc(C#N)s1. The first kappa shape index (κ1) is 13.2. The molecular weight excluding hydrogens is 216 g/mol. The second-order valence-electron chi connectivity index (χ2n) is 4.16. The van der Waals surface area contributed by atoms with Gasteiger partial charge in [-0.05, 0) is 25.5 Å². The Kier molecular flexibility index (Phi) is 6.14. The Bertz CT molecular complexity index is 338. The molecule has 0 saturated carbocycles. The molecule has 0 spiro atoms. The van der Waals surface area contributed by atoms with Gasteiger partial charge in [-0.2, -0.15) is 5.26 Å². The fraction of sp³-hybridized carbons (Fsp3) is 0.615. The molecule has 16 heavy (non-hydrogen) atoms. The average molecular weight is 236 g/mol. The van der Waals surface area contributed by atoms with Crippen LogP contribution in [0.2, 0.25) is 0 Å². The first-order chi connectivity index (χ1) is 7.76. The molecular formula is C13H20N2S. The summed E-state index contributed by atoms with van der Waals surface area (Å²) in [5.41, 5.74) is 0. The lowest BCUT2D eigenvalue weighted by molar-refractivity contribution is 0.489. The monoisotopic (exact) mass is 236 g/mol. The molecule has 0 aliphatic rings. The van der Waals surface area contributed by atoms with Gasteiger partial charge >= 0.3 is 0 Å². The second kappa shape index (κ2) is 7.43. The zero-order valence-electron chi connectivity index (χ0n) is 10.1. The molecule has 1 heterocycles. The Morgan fingerprint density at radius 1 is 1.44 bits per heavy atom. The standard InChI is InChI=1S/C13H20N2S/c1-3-4-5-6-11(2)15-10-13-8-7-12(9-14)16-13/h7-8,11,15H,3-6,10H2,1-2H3. The summed E-state index contributed by atoms with van der Waals surface area (Å²) < 4.78 is 0. The molecule has 0 bridgehead atoms. The van der Waals surface area contributed by atoms with Crippen molar-refractivity contribution >= 4 is 11.3 Å². The molecule has 0 amide bonds. The third kappa shape index (κ3) is 4.78. The van der Waals surface area contributed by atoms with Crippen LogP contribution in [0.5, 0.6) is 0 Å². The topological polar surface area (TPSA) is 35.8 Å². The summed E-state index contributed by atoms with van der Waals surface area (Å²) in [5.74, 6) is 0. The highest BCUT2D eigenvalue weighted by Gasteiger charge is 2.03. The van der Waals surface area contributed by atoms with Crippen molar-refractivity contribution in [3.8, 4) is 6.07 Å². The Balaban J connectivity index is 2.21. The molecule has 0 aliphatic heterocycles. The van der Waals surface area contributed by atoms with Crippen molar-refractivity contribution in [2.75, 3.05) is 0 Å². The minimum absolute atomic E-state index is 0.569. The number of rotatable bonds is 7. The van der Waals surface area contributed by atoms with Crippen molar-refractivity contribution in [1.29, 1.82) is 5.26 Å². The molecule has 0 aromatic carbocycles. The summed E-state index contributed by atoms with van der Waals surface area (Å²) >= 11 is 1.58. The van der Waals surface area contributed by atoms with Crippen molar-refractivity contribution in [2.45, 2.75) is 52.1 Å². The highest BCUT2D eigenvalue weighted by molar-refractivity contribution is 7.12. The summed E-state index contributed by atoms with van der Waals surface area (Å²) in [6.07, 6.45) is 5.15. The van der Waals surface area contributed by atoms with Crippen LogP contribution >= 0.6 is 11.3 Å². The van der Waals surface area contributed by atoms with E-state index in [1.165, 1.54) is 30.6 Å². The van der Waals surface area contributed by atoms with Gasteiger partial charge in [0.25, 0.3) is 0 Å². The molecule has 0 radical (unpaired) electrons. The molecule has 1 unspecified atom stereocenters. The van der Waals surface area contributed by atoms with Crippen LogP contribution in [0.1, 0.15) is 49.3 Å². The molecule has 0 fully saturated rings. The van der Waals surface area contributed by atoms with Gasteiger partial charge in [0.05, 0.1) is 0 Å². The van der Waals surface area contributed by atoms with Crippen LogP contribution in [-0.4, -0.2) is 6.04 Å². The van der Waals surface area contributed by atoms with E-state index in [1.807, 2.05) is 12.1 Å². The summed E-state index contributed by atoms with van der Waals surface area (Å²) in [6, 6.07) is 6.67. The van der Waals surface area contributed by atoms with E-state index in [0.29, 0.717) is 6.04 Å². The van der Waals surface area contributed by atoms with Crippen LogP contribution in [0.25, 0.3) is 0 Å². The molecule has 1 rings (SSSR count). The van der Waals surface area contributed by atoms with Gasteiger partial charge < -0.3 is 5.32 Å². The summed E-state index contributed by atoms with van der Waals surface area (Å²) in [4.78, 5) is 2.05. The first-order valence-electron chi connectivity index (χ1n) is 5.98. The molecule has 3 heteroatoms. The van der Waals surface area contributed by atoms with Crippen molar-refractivity contribution in [3.05, 3.63) is 21.9 Å². The summed E-state index contributed by atoms with van der Waals surface area (Å²) in [7, 11) is 0. The van der Waals surface area contributed by atoms with Crippen LogP contribution in [0.3, 0.4) is 0 Å². The maximum atomic E-state index is 8.71. The normalized spacial score (nSPS) is 12.3. The van der Waals surface area contributed by atoms with E-state index in [9.17, 15) is 0 Å². The lowest BCUT2D eigenvalue weighted by Gasteiger charge is -2.12. The van der Waals surface area contributed by atoms with Crippen LogP contribution in [0.15, 0.2) is 12.1 Å². The minimum atomic E-state index is 0.569. The number of hydrogen-bond donors (Lipinski definition) is 1. The third-order valence-electron chi connectivity index (χ3n) is 2.64. The van der Waals surface area contributed by atoms with E-state index in [4.69, 9.17) is 5.26 Å². The van der Waals surface area contributed by atoms with Crippen LogP contribution in [-0.2, 0) is 6.54 Å². The van der Waals surface area contributed by atoms with Gasteiger partial charge in [-0.3, -0.25) is 0 Å². The Hall–Kier alpha value is -0.850. The minimum Gasteiger partial charge on any atom is -0.309 e. The number of nitriles is 1. The molecule has 1 aromatic heterocycles. The van der Waals surface area contributed by atoms with Gasteiger partial charge in [-0.1, -0.05) is 26.2 Å². The van der Waals surface area contributed by atoms with Crippen LogP contribution in [0, 0.1) is 11.3 Å². The summed E-state index contributed by atoms with van der Waals surface area (Å²) in [6.45, 7) is 5.35. The van der Waals surface area contributed by atoms with E-state index in [-0.39, 0.29) is 0 Å². The number of nitrogens with one attached hydrogen (secondary N) is 1. The molecule has 1 aromatic rings. The van der Waals surface area contributed by atoms with E-state index in [2.05, 4.69) is 25.2 Å². The number of hydrogen-bond acceptors (Lipinski definition) is 3. The molecule has 0 saturated heterocycles. The van der Waals surface area contributed by atoms with Crippen molar-refractivity contribution in [2.24, 2.45) is 0 Å². The van der Waals surface area contributed by atoms with E-state index < -0.39 is 0 Å². The Morgan fingerprint density at radius 3 is 2.88 bits per heavy atom. The number of unbranched alkanes of at least 4 members (excludes halogenated alkanes) is 2. The molecule has 1 N–H and O–H groups in total. The van der Waals surface area contributed by atoms with Crippen molar-refractivity contribution in [1.82, 2.24) is 5.32 Å². The second-order valence-corrected chi connectivity index (χ2v) is 5.32. The van der Waals surface area contributed by atoms with Gasteiger partial charge in [-0.25, -0.2) is 0 Å². The molecule has 88 valence electrons. The number of thiophene rings is 1. The molecule has 2 nitrogen and oxygen atoms in total. The predicted molar refractivity (Wildman–Crippen MR) is 69.5 cm³/mol. The highest BCUT2D eigenvalue weighted by Crippen LogP contribution is 2.15. The largest absolute Gasteiger partial charge is 0.309 e. The lowest BCUT2D eigenvalue weighted by Crippen LogP contribution is -2.24. The maximum Gasteiger partial charge on any atom is 0.110 e.